The SMILES string of the molecule is COc1cccc(C(CNC(=O)Nc2cccnc2)N(C)C)c1. The van der Waals surface area contributed by atoms with E-state index in [4.69, 9.17) is 4.74 Å². The minimum absolute atomic E-state index is 0.0461. The number of aromatic nitrogens is 1. The van der Waals surface area contributed by atoms with Gasteiger partial charge >= 0.3 is 6.03 Å². The zero-order chi connectivity index (χ0) is 16.7. The van der Waals surface area contributed by atoms with Crippen LogP contribution >= 0.6 is 0 Å². The molecule has 2 aromatic rings. The lowest BCUT2D eigenvalue weighted by Crippen LogP contribution is -2.36. The van der Waals surface area contributed by atoms with Gasteiger partial charge in [0, 0.05) is 12.7 Å². The van der Waals surface area contributed by atoms with E-state index in [0.29, 0.717) is 12.2 Å². The van der Waals surface area contributed by atoms with Crippen LogP contribution < -0.4 is 15.4 Å². The molecule has 0 fully saturated rings. The highest BCUT2D eigenvalue weighted by molar-refractivity contribution is 5.88. The molecule has 1 unspecified atom stereocenters. The smallest absolute Gasteiger partial charge is 0.319 e. The molecule has 6 heteroatoms. The number of ether oxygens (including phenoxy) is 1. The number of benzene rings is 1. The summed E-state index contributed by atoms with van der Waals surface area (Å²) in [6, 6.07) is 11.2. The van der Waals surface area contributed by atoms with Crippen molar-refractivity contribution in [1.29, 1.82) is 0 Å². The Bertz CT molecular complexity index is 632. The molecule has 0 saturated heterocycles. The van der Waals surface area contributed by atoms with E-state index in [1.54, 1.807) is 31.6 Å². The largest absolute Gasteiger partial charge is 0.497 e. The summed E-state index contributed by atoms with van der Waals surface area (Å²) in [7, 11) is 5.60. The predicted octanol–water partition coefficient (Wildman–Crippen LogP) is 2.51. The van der Waals surface area contributed by atoms with Crippen LogP contribution in [0.15, 0.2) is 48.8 Å². The highest BCUT2D eigenvalue weighted by atomic mass is 16.5. The zero-order valence-corrected chi connectivity index (χ0v) is 13.6. The molecule has 122 valence electrons. The van der Waals surface area contributed by atoms with Gasteiger partial charge in [0.05, 0.1) is 25.0 Å². The van der Waals surface area contributed by atoms with E-state index in [1.165, 1.54) is 0 Å². The number of rotatable bonds is 6. The van der Waals surface area contributed by atoms with Crippen molar-refractivity contribution >= 4 is 11.7 Å². The molecule has 1 aromatic carbocycles. The summed E-state index contributed by atoms with van der Waals surface area (Å²) in [4.78, 5) is 18.0. The highest BCUT2D eigenvalue weighted by Crippen LogP contribution is 2.22. The van der Waals surface area contributed by atoms with E-state index < -0.39 is 0 Å². The maximum absolute atomic E-state index is 12.0. The molecule has 2 N–H and O–H groups in total. The van der Waals surface area contributed by atoms with Crippen LogP contribution in [0.2, 0.25) is 0 Å². The minimum atomic E-state index is -0.257. The molecule has 1 heterocycles. The van der Waals surface area contributed by atoms with Crippen molar-refractivity contribution in [3.8, 4) is 5.75 Å². The van der Waals surface area contributed by atoms with E-state index in [-0.39, 0.29) is 12.1 Å². The first-order chi connectivity index (χ1) is 11.1. The molecule has 0 radical (unpaired) electrons. The van der Waals surface area contributed by atoms with Gasteiger partial charge in [-0.15, -0.1) is 0 Å². The number of hydrogen-bond donors (Lipinski definition) is 2. The van der Waals surface area contributed by atoms with Crippen LogP contribution in [0.25, 0.3) is 0 Å². The Kier molecular flexibility index (Phi) is 5.94. The van der Waals surface area contributed by atoms with Crippen LogP contribution in [0.1, 0.15) is 11.6 Å². The third-order valence-electron chi connectivity index (χ3n) is 3.48. The quantitative estimate of drug-likeness (QED) is 0.860. The molecule has 6 nitrogen and oxygen atoms in total. The van der Waals surface area contributed by atoms with Gasteiger partial charge in [0.2, 0.25) is 0 Å². The topological polar surface area (TPSA) is 66.5 Å². The maximum atomic E-state index is 12.0. The molecule has 0 saturated carbocycles. The summed E-state index contributed by atoms with van der Waals surface area (Å²) in [5.74, 6) is 0.800. The number of hydrogen-bond acceptors (Lipinski definition) is 4. The Balaban J connectivity index is 1.98. The Morgan fingerprint density at radius 2 is 2.13 bits per heavy atom. The van der Waals surface area contributed by atoms with Crippen molar-refractivity contribution in [2.45, 2.75) is 6.04 Å². The fourth-order valence-electron chi connectivity index (χ4n) is 2.25. The third-order valence-corrected chi connectivity index (χ3v) is 3.48. The van der Waals surface area contributed by atoms with Crippen LogP contribution in [0.3, 0.4) is 0 Å². The van der Waals surface area contributed by atoms with Crippen molar-refractivity contribution in [3.63, 3.8) is 0 Å². The van der Waals surface area contributed by atoms with Crippen LogP contribution in [0.4, 0.5) is 10.5 Å². The van der Waals surface area contributed by atoms with Crippen molar-refractivity contribution in [2.24, 2.45) is 0 Å². The Morgan fingerprint density at radius 3 is 2.78 bits per heavy atom. The van der Waals surface area contributed by atoms with Crippen LogP contribution in [-0.2, 0) is 0 Å². The molecular formula is C17H22N4O2. The molecular weight excluding hydrogens is 292 g/mol. The van der Waals surface area contributed by atoms with Crippen molar-refractivity contribution in [3.05, 3.63) is 54.4 Å². The van der Waals surface area contributed by atoms with Gasteiger partial charge in [0.15, 0.2) is 0 Å². The standard InChI is InChI=1S/C17H22N4O2/c1-21(2)16(13-6-4-8-15(10-13)23-3)12-19-17(22)20-14-7-5-9-18-11-14/h4-11,16H,12H2,1-3H3,(H2,19,20,22). The Hall–Kier alpha value is -2.60. The summed E-state index contributed by atoms with van der Waals surface area (Å²) >= 11 is 0. The van der Waals surface area contributed by atoms with Crippen LogP contribution in [-0.4, -0.2) is 43.7 Å². The van der Waals surface area contributed by atoms with E-state index in [0.717, 1.165) is 11.3 Å². The number of carbonyl (C=O) groups excluding carboxylic acids is 1. The van der Waals surface area contributed by atoms with Gasteiger partial charge in [-0.25, -0.2) is 4.79 Å². The molecule has 1 atom stereocenters. The lowest BCUT2D eigenvalue weighted by atomic mass is 10.1. The average Bonchev–Trinajstić information content (AvgIpc) is 2.56. The number of urea groups is 1. The highest BCUT2D eigenvalue weighted by Gasteiger charge is 2.16. The summed E-state index contributed by atoms with van der Waals surface area (Å²) < 4.78 is 5.26. The molecule has 23 heavy (non-hydrogen) atoms. The lowest BCUT2D eigenvalue weighted by molar-refractivity contribution is 0.243. The van der Waals surface area contributed by atoms with Crippen LogP contribution in [0, 0.1) is 0 Å². The summed E-state index contributed by atoms with van der Waals surface area (Å²) in [5.41, 5.74) is 1.74. The predicted molar refractivity (Wildman–Crippen MR) is 90.7 cm³/mol. The van der Waals surface area contributed by atoms with Gasteiger partial charge in [-0.05, 0) is 43.9 Å². The fraction of sp³-hybridized carbons (Fsp3) is 0.294. The first-order valence-electron chi connectivity index (χ1n) is 7.35. The van der Waals surface area contributed by atoms with Gasteiger partial charge in [-0.2, -0.15) is 0 Å². The monoisotopic (exact) mass is 314 g/mol. The number of nitrogens with one attached hydrogen (secondary N) is 2. The first-order valence-corrected chi connectivity index (χ1v) is 7.35. The molecule has 0 aliphatic heterocycles. The lowest BCUT2D eigenvalue weighted by Gasteiger charge is -2.25. The molecule has 1 aromatic heterocycles. The number of amides is 2. The summed E-state index contributed by atoms with van der Waals surface area (Å²) in [6.07, 6.45) is 3.26. The Labute approximate surface area is 136 Å². The molecule has 2 rings (SSSR count). The molecule has 2 amide bonds. The van der Waals surface area contributed by atoms with Gasteiger partial charge in [0.1, 0.15) is 5.75 Å². The molecule has 0 aliphatic carbocycles. The molecule has 0 spiro atoms. The normalized spacial score (nSPS) is 11.8. The van der Waals surface area contributed by atoms with Gasteiger partial charge in [-0.1, -0.05) is 12.1 Å². The number of methoxy groups -OCH3 is 1. The number of carbonyl (C=O) groups is 1. The maximum Gasteiger partial charge on any atom is 0.319 e. The van der Waals surface area contributed by atoms with Crippen LogP contribution in [0.5, 0.6) is 5.75 Å². The van der Waals surface area contributed by atoms with Crippen molar-refractivity contribution < 1.29 is 9.53 Å². The van der Waals surface area contributed by atoms with Gasteiger partial charge in [0.25, 0.3) is 0 Å². The van der Waals surface area contributed by atoms with E-state index in [9.17, 15) is 4.79 Å². The van der Waals surface area contributed by atoms with Gasteiger partial charge < -0.3 is 20.3 Å². The van der Waals surface area contributed by atoms with E-state index in [2.05, 4.69) is 20.5 Å². The second-order valence-electron chi connectivity index (χ2n) is 5.33. The number of pyridine rings is 1. The number of nitrogens with zero attached hydrogens (tertiary/aromatic N) is 2. The van der Waals surface area contributed by atoms with E-state index >= 15 is 0 Å². The molecule has 0 aliphatic rings. The first kappa shape index (κ1) is 16.8. The Morgan fingerprint density at radius 1 is 1.30 bits per heavy atom. The van der Waals surface area contributed by atoms with Crippen molar-refractivity contribution in [1.82, 2.24) is 15.2 Å². The minimum Gasteiger partial charge on any atom is -0.497 e. The second-order valence-corrected chi connectivity index (χ2v) is 5.33. The van der Waals surface area contributed by atoms with E-state index in [1.807, 2.05) is 38.4 Å². The number of anilines is 1. The fourth-order valence-corrected chi connectivity index (χ4v) is 2.25. The third kappa shape index (κ3) is 4.96. The summed E-state index contributed by atoms with van der Waals surface area (Å²) in [6.45, 7) is 0.478. The second kappa shape index (κ2) is 8.14. The average molecular weight is 314 g/mol. The van der Waals surface area contributed by atoms with Crippen molar-refractivity contribution in [2.75, 3.05) is 33.1 Å². The molecule has 0 bridgehead atoms. The zero-order valence-electron chi connectivity index (χ0n) is 13.6. The summed E-state index contributed by atoms with van der Waals surface area (Å²) in [5, 5.41) is 5.64. The number of likely N-dealkylation sites (N-methyl/N-ethyl adjacent to an activating group) is 1. The van der Waals surface area contributed by atoms with Gasteiger partial charge in [-0.3, -0.25) is 4.98 Å².